The summed E-state index contributed by atoms with van der Waals surface area (Å²) in [6, 6.07) is 20.2. The molecule has 0 bridgehead atoms. The smallest absolute Gasteiger partial charge is 0.146 e. The first-order chi connectivity index (χ1) is 17.0. The predicted molar refractivity (Wildman–Crippen MR) is 144 cm³/mol. The van der Waals surface area contributed by atoms with Gasteiger partial charge in [-0.15, -0.1) is 0 Å². The molecule has 176 valence electrons. The molecule has 0 radical (unpaired) electrons. The van der Waals surface area contributed by atoms with Crippen molar-refractivity contribution in [1.29, 1.82) is 0 Å². The van der Waals surface area contributed by atoms with Gasteiger partial charge >= 0.3 is 0 Å². The van der Waals surface area contributed by atoms with E-state index in [4.69, 9.17) is 32.9 Å². The lowest BCUT2D eigenvalue weighted by molar-refractivity contribution is 0.303. The molecule has 1 aliphatic rings. The minimum Gasteiger partial charge on any atom is -0.494 e. The first-order valence-electron chi connectivity index (χ1n) is 11.4. The number of nitrogens with zero attached hydrogens (tertiary/aromatic N) is 1. The molecule has 0 unspecified atom stereocenters. The van der Waals surface area contributed by atoms with Gasteiger partial charge in [-0.1, -0.05) is 47.5 Å². The van der Waals surface area contributed by atoms with Crippen molar-refractivity contribution in [2.45, 2.75) is 19.8 Å². The lowest BCUT2D eigenvalue weighted by Crippen LogP contribution is -1.96. The van der Waals surface area contributed by atoms with E-state index in [2.05, 4.69) is 53.3 Å². The zero-order valence-corrected chi connectivity index (χ0v) is 21.0. The molecule has 0 saturated carbocycles. The first kappa shape index (κ1) is 23.3. The summed E-state index contributed by atoms with van der Waals surface area (Å²) in [5.41, 5.74) is 9.48. The Morgan fingerprint density at radius 3 is 2.17 bits per heavy atom. The number of allylic oxidation sites excluding steroid dienone is 1. The van der Waals surface area contributed by atoms with Crippen LogP contribution in [0.15, 0.2) is 89.4 Å². The third kappa shape index (κ3) is 5.29. The molecule has 6 heteroatoms. The van der Waals surface area contributed by atoms with E-state index in [9.17, 15) is 0 Å². The van der Waals surface area contributed by atoms with Gasteiger partial charge in [0.2, 0.25) is 0 Å². The van der Waals surface area contributed by atoms with Crippen LogP contribution < -0.4 is 0 Å². The van der Waals surface area contributed by atoms with Gasteiger partial charge in [-0.3, -0.25) is 0 Å². The van der Waals surface area contributed by atoms with Gasteiger partial charge in [0.05, 0.1) is 18.5 Å². The van der Waals surface area contributed by atoms with Crippen molar-refractivity contribution in [3.05, 3.63) is 134 Å². The second kappa shape index (κ2) is 10.0. The van der Waals surface area contributed by atoms with Gasteiger partial charge in [0, 0.05) is 40.1 Å². The molecule has 2 aromatic heterocycles. The Bertz CT molecular complexity index is 1440. The molecule has 35 heavy (non-hydrogen) atoms. The van der Waals surface area contributed by atoms with Crippen LogP contribution in [-0.2, 0) is 17.6 Å². The van der Waals surface area contributed by atoms with Crippen molar-refractivity contribution >= 4 is 35.0 Å². The maximum absolute atomic E-state index is 6.10. The SMILES string of the molecule is COC1=CC(c2[nH]ccc2C)=NC1=Cc1[nH]c(Cc2ccc(Cl)cc2)cc1Cc1ccc(Cl)cc1. The van der Waals surface area contributed by atoms with E-state index in [1.54, 1.807) is 7.11 Å². The number of hydrogen-bond donors (Lipinski definition) is 2. The number of benzene rings is 2. The largest absolute Gasteiger partial charge is 0.494 e. The third-order valence-electron chi connectivity index (χ3n) is 6.08. The second-order valence-electron chi connectivity index (χ2n) is 8.61. The summed E-state index contributed by atoms with van der Waals surface area (Å²) in [6.45, 7) is 2.06. The zero-order chi connectivity index (χ0) is 24.4. The van der Waals surface area contributed by atoms with E-state index in [0.29, 0.717) is 0 Å². The molecular weight excluding hydrogens is 477 g/mol. The van der Waals surface area contributed by atoms with Gasteiger partial charge in [0.1, 0.15) is 11.5 Å². The molecule has 0 saturated heterocycles. The van der Waals surface area contributed by atoms with E-state index in [1.807, 2.05) is 42.6 Å². The van der Waals surface area contributed by atoms with Crippen LogP contribution in [0.3, 0.4) is 0 Å². The Balaban J connectivity index is 1.52. The Labute approximate surface area is 215 Å². The van der Waals surface area contributed by atoms with Crippen LogP contribution in [-0.4, -0.2) is 22.8 Å². The monoisotopic (exact) mass is 501 g/mol. The Kier molecular flexibility index (Phi) is 6.67. The summed E-state index contributed by atoms with van der Waals surface area (Å²) in [4.78, 5) is 11.8. The van der Waals surface area contributed by atoms with Crippen molar-refractivity contribution in [2.75, 3.05) is 7.11 Å². The molecule has 4 nitrogen and oxygen atoms in total. The molecule has 0 spiro atoms. The third-order valence-corrected chi connectivity index (χ3v) is 6.58. The number of hydrogen-bond acceptors (Lipinski definition) is 2. The van der Waals surface area contributed by atoms with Crippen molar-refractivity contribution in [3.63, 3.8) is 0 Å². The number of rotatable bonds is 7. The average molecular weight is 502 g/mol. The summed E-state index contributed by atoms with van der Waals surface area (Å²) >= 11 is 12.2. The molecule has 4 aromatic rings. The van der Waals surface area contributed by atoms with E-state index < -0.39 is 0 Å². The quantitative estimate of drug-likeness (QED) is 0.270. The maximum Gasteiger partial charge on any atom is 0.146 e. The summed E-state index contributed by atoms with van der Waals surface area (Å²) < 4.78 is 5.67. The molecule has 0 aliphatic carbocycles. The molecule has 2 aromatic carbocycles. The van der Waals surface area contributed by atoms with Crippen molar-refractivity contribution in [3.8, 4) is 0 Å². The van der Waals surface area contributed by atoms with Gasteiger partial charge in [0.25, 0.3) is 0 Å². The van der Waals surface area contributed by atoms with Gasteiger partial charge in [0.15, 0.2) is 0 Å². The molecule has 0 fully saturated rings. The number of aromatic nitrogens is 2. The lowest BCUT2D eigenvalue weighted by Gasteiger charge is -2.04. The number of methoxy groups -OCH3 is 1. The molecule has 1 aliphatic heterocycles. The minimum atomic E-state index is 0.732. The fraction of sp³-hybridized carbons (Fsp3) is 0.138. The van der Waals surface area contributed by atoms with Crippen LogP contribution in [0.2, 0.25) is 10.0 Å². The summed E-state index contributed by atoms with van der Waals surface area (Å²) in [6.07, 6.45) is 7.51. The summed E-state index contributed by atoms with van der Waals surface area (Å²) in [5.74, 6) is 0.736. The number of aliphatic imine (C=N–C) groups is 1. The molecule has 2 N–H and O–H groups in total. The highest BCUT2D eigenvalue weighted by molar-refractivity contribution is 6.30. The normalized spacial score (nSPS) is 14.3. The van der Waals surface area contributed by atoms with Crippen LogP contribution in [0.1, 0.15) is 39.3 Å². The van der Waals surface area contributed by atoms with Crippen LogP contribution >= 0.6 is 23.2 Å². The van der Waals surface area contributed by atoms with Crippen LogP contribution in [0.25, 0.3) is 6.08 Å². The topological polar surface area (TPSA) is 53.2 Å². The fourth-order valence-corrected chi connectivity index (χ4v) is 4.51. The summed E-state index contributed by atoms with van der Waals surface area (Å²) in [7, 11) is 1.68. The lowest BCUT2D eigenvalue weighted by atomic mass is 10.0. The van der Waals surface area contributed by atoms with Crippen LogP contribution in [0.4, 0.5) is 0 Å². The molecule has 3 heterocycles. The molecule has 0 amide bonds. The fourth-order valence-electron chi connectivity index (χ4n) is 4.26. The standard InChI is InChI=1S/C29H25Cl2N3O/c1-18-11-12-32-29(18)27-17-28(35-2)26(34-27)16-25-21(13-19-3-7-22(30)8-4-19)15-24(33-25)14-20-5-9-23(31)10-6-20/h3-12,15-17,32-33H,13-14H2,1-2H3. The highest BCUT2D eigenvalue weighted by atomic mass is 35.5. The van der Waals surface area contributed by atoms with E-state index in [0.717, 1.165) is 62.7 Å². The van der Waals surface area contributed by atoms with E-state index in [-0.39, 0.29) is 0 Å². The van der Waals surface area contributed by atoms with E-state index in [1.165, 1.54) is 16.7 Å². The first-order valence-corrected chi connectivity index (χ1v) is 12.1. The van der Waals surface area contributed by atoms with Crippen LogP contribution in [0.5, 0.6) is 0 Å². The maximum atomic E-state index is 6.10. The number of ether oxygens (including phenoxy) is 1. The van der Waals surface area contributed by atoms with E-state index >= 15 is 0 Å². The average Bonchev–Trinajstić information content (AvgIpc) is 3.56. The molecule has 0 atom stereocenters. The highest BCUT2D eigenvalue weighted by Gasteiger charge is 2.19. The summed E-state index contributed by atoms with van der Waals surface area (Å²) in [5, 5.41) is 1.47. The van der Waals surface area contributed by atoms with Gasteiger partial charge in [-0.2, -0.15) is 0 Å². The van der Waals surface area contributed by atoms with Crippen molar-refractivity contribution in [1.82, 2.24) is 9.97 Å². The Hall–Kier alpha value is -3.47. The highest BCUT2D eigenvalue weighted by Crippen LogP contribution is 2.28. The molecule has 5 rings (SSSR count). The number of H-pyrrole nitrogens is 2. The van der Waals surface area contributed by atoms with Crippen molar-refractivity contribution in [2.24, 2.45) is 4.99 Å². The molecular formula is C29H25Cl2N3O. The van der Waals surface area contributed by atoms with Gasteiger partial charge in [-0.25, -0.2) is 4.99 Å². The number of halogens is 2. The predicted octanol–water partition coefficient (Wildman–Crippen LogP) is 7.51. The van der Waals surface area contributed by atoms with Crippen molar-refractivity contribution < 1.29 is 4.74 Å². The van der Waals surface area contributed by atoms with Gasteiger partial charge < -0.3 is 14.7 Å². The zero-order valence-electron chi connectivity index (χ0n) is 19.5. The number of aromatic amines is 2. The Morgan fingerprint density at radius 1 is 0.914 bits per heavy atom. The second-order valence-corrected chi connectivity index (χ2v) is 9.49. The number of nitrogens with one attached hydrogen (secondary N) is 2. The van der Waals surface area contributed by atoms with Crippen LogP contribution in [0, 0.1) is 6.92 Å². The van der Waals surface area contributed by atoms with Gasteiger partial charge in [-0.05, 0) is 78.1 Å². The number of aryl methyl sites for hydroxylation is 1. The minimum absolute atomic E-state index is 0.732. The Morgan fingerprint density at radius 2 is 1.57 bits per heavy atom.